The van der Waals surface area contributed by atoms with E-state index in [1.807, 2.05) is 18.7 Å². The molecule has 3 aliphatic rings. The van der Waals surface area contributed by atoms with Gasteiger partial charge in [-0.25, -0.2) is 0 Å². The number of aromatic amines is 1. The van der Waals surface area contributed by atoms with Crippen LogP contribution in [0.25, 0.3) is 0 Å². The third-order valence-electron chi connectivity index (χ3n) is 5.49. The summed E-state index contributed by atoms with van der Waals surface area (Å²) in [7, 11) is 0. The third-order valence-corrected chi connectivity index (χ3v) is 5.49. The molecule has 2 aliphatic heterocycles. The topological polar surface area (TPSA) is 67.5 Å². The molecule has 23 heavy (non-hydrogen) atoms. The first-order valence-corrected chi connectivity index (χ1v) is 8.74. The number of ether oxygens (including phenoxy) is 2. The van der Waals surface area contributed by atoms with E-state index >= 15 is 0 Å². The maximum atomic E-state index is 13.0. The largest absolute Gasteiger partial charge is 0.371 e. The monoisotopic (exact) mass is 319 g/mol. The fourth-order valence-corrected chi connectivity index (χ4v) is 4.34. The van der Waals surface area contributed by atoms with Crippen LogP contribution >= 0.6 is 0 Å². The summed E-state index contributed by atoms with van der Waals surface area (Å²) in [6.45, 7) is 6.04. The highest BCUT2D eigenvalue weighted by Gasteiger charge is 2.42. The molecule has 0 aromatic carbocycles. The molecule has 1 aliphatic carbocycles. The number of aromatic nitrogens is 2. The summed E-state index contributed by atoms with van der Waals surface area (Å²) >= 11 is 0. The number of nitrogens with zero attached hydrogens (tertiary/aromatic N) is 2. The van der Waals surface area contributed by atoms with Crippen molar-refractivity contribution in [2.24, 2.45) is 0 Å². The first-order valence-electron chi connectivity index (χ1n) is 8.74. The number of carbonyl (C=O) groups is 1. The van der Waals surface area contributed by atoms with Crippen LogP contribution in [0.15, 0.2) is 0 Å². The zero-order valence-corrected chi connectivity index (χ0v) is 13.9. The van der Waals surface area contributed by atoms with Crippen molar-refractivity contribution in [3.63, 3.8) is 0 Å². The van der Waals surface area contributed by atoms with E-state index in [0.717, 1.165) is 30.5 Å². The number of rotatable bonds is 1. The predicted octanol–water partition coefficient (Wildman–Crippen LogP) is 2.22. The molecule has 1 aromatic heterocycles. The molecule has 1 spiro atoms. The summed E-state index contributed by atoms with van der Waals surface area (Å²) < 4.78 is 11.8. The van der Waals surface area contributed by atoms with E-state index in [4.69, 9.17) is 9.47 Å². The molecule has 1 aromatic rings. The lowest BCUT2D eigenvalue weighted by molar-refractivity contribution is -0.0949. The molecule has 0 radical (unpaired) electrons. The number of fused-ring (bicyclic) bond motifs is 1. The van der Waals surface area contributed by atoms with Gasteiger partial charge in [0.25, 0.3) is 5.91 Å². The number of morpholine rings is 1. The van der Waals surface area contributed by atoms with Gasteiger partial charge < -0.3 is 14.4 Å². The van der Waals surface area contributed by atoms with E-state index in [1.54, 1.807) is 0 Å². The first-order chi connectivity index (χ1) is 11.1. The molecular weight excluding hydrogens is 294 g/mol. The normalized spacial score (nSPS) is 29.7. The highest BCUT2D eigenvalue weighted by atomic mass is 16.5. The summed E-state index contributed by atoms with van der Waals surface area (Å²) in [5, 5.41) is 7.36. The average molecular weight is 319 g/mol. The zero-order valence-electron chi connectivity index (χ0n) is 13.9. The van der Waals surface area contributed by atoms with Crippen LogP contribution in [0, 0.1) is 0 Å². The molecule has 1 amide bonds. The Morgan fingerprint density at radius 3 is 2.91 bits per heavy atom. The summed E-state index contributed by atoms with van der Waals surface area (Å²) in [5.41, 5.74) is 2.47. The minimum Gasteiger partial charge on any atom is -0.371 e. The Kier molecular flexibility index (Phi) is 3.69. The second kappa shape index (κ2) is 5.60. The molecule has 4 rings (SSSR count). The molecule has 6 nitrogen and oxygen atoms in total. The lowest BCUT2D eigenvalue weighted by atomic mass is 9.97. The Hall–Kier alpha value is -1.40. The molecule has 2 fully saturated rings. The minimum absolute atomic E-state index is 0.0336. The Labute approximate surface area is 136 Å². The van der Waals surface area contributed by atoms with Crippen LogP contribution in [0.1, 0.15) is 67.4 Å². The summed E-state index contributed by atoms with van der Waals surface area (Å²) in [4.78, 5) is 15.0. The van der Waals surface area contributed by atoms with Crippen LogP contribution in [0.3, 0.4) is 0 Å². The van der Waals surface area contributed by atoms with Gasteiger partial charge >= 0.3 is 0 Å². The Morgan fingerprint density at radius 2 is 2.13 bits per heavy atom. The molecule has 1 saturated carbocycles. The number of hydrogen-bond donors (Lipinski definition) is 1. The summed E-state index contributed by atoms with van der Waals surface area (Å²) in [6.07, 6.45) is 5.36. The van der Waals surface area contributed by atoms with E-state index in [1.165, 1.54) is 12.8 Å². The lowest BCUT2D eigenvalue weighted by Crippen LogP contribution is -2.52. The molecular formula is C17H25N3O3. The molecule has 3 heterocycles. The first kappa shape index (κ1) is 15.1. The summed E-state index contributed by atoms with van der Waals surface area (Å²) in [5.74, 6) is 0.0402. The number of carbonyl (C=O) groups excluding carboxylic acids is 1. The van der Waals surface area contributed by atoms with Gasteiger partial charge in [0.15, 0.2) is 5.69 Å². The van der Waals surface area contributed by atoms with Gasteiger partial charge in [-0.15, -0.1) is 0 Å². The van der Waals surface area contributed by atoms with Gasteiger partial charge in [-0.05, 0) is 26.7 Å². The van der Waals surface area contributed by atoms with Crippen molar-refractivity contribution in [2.75, 3.05) is 19.7 Å². The van der Waals surface area contributed by atoms with E-state index in [0.29, 0.717) is 25.4 Å². The Balaban J connectivity index is 1.58. The van der Waals surface area contributed by atoms with Crippen molar-refractivity contribution in [3.8, 4) is 0 Å². The SMILES string of the molecule is C[C@@H]1Cc2c(C(=O)N3CCOC4(CCCC4)C3)n[nH]c2[C@H](C)O1. The smallest absolute Gasteiger partial charge is 0.274 e. The van der Waals surface area contributed by atoms with E-state index in [9.17, 15) is 4.79 Å². The molecule has 0 bridgehead atoms. The van der Waals surface area contributed by atoms with Crippen LogP contribution in [-0.4, -0.2) is 52.4 Å². The van der Waals surface area contributed by atoms with Crippen molar-refractivity contribution in [3.05, 3.63) is 17.0 Å². The van der Waals surface area contributed by atoms with Crippen LogP contribution in [0.5, 0.6) is 0 Å². The van der Waals surface area contributed by atoms with Gasteiger partial charge in [-0.3, -0.25) is 9.89 Å². The maximum Gasteiger partial charge on any atom is 0.274 e. The van der Waals surface area contributed by atoms with Crippen molar-refractivity contribution in [2.45, 2.75) is 63.8 Å². The average Bonchev–Trinajstić information content (AvgIpc) is 3.14. The van der Waals surface area contributed by atoms with Crippen molar-refractivity contribution < 1.29 is 14.3 Å². The predicted molar refractivity (Wildman–Crippen MR) is 84.3 cm³/mol. The van der Waals surface area contributed by atoms with Crippen LogP contribution in [0.4, 0.5) is 0 Å². The standard InChI is InChI=1S/C17H25N3O3/c1-11-9-13-14(12(2)23-11)18-19-15(13)16(21)20-7-8-22-17(10-20)5-3-4-6-17/h11-12H,3-10H2,1-2H3,(H,18,19)/t11-,12+/m1/s1. The molecule has 6 heteroatoms. The number of amides is 1. The molecule has 1 N–H and O–H groups in total. The Bertz CT molecular complexity index is 606. The van der Waals surface area contributed by atoms with Gasteiger partial charge in [-0.1, -0.05) is 12.8 Å². The molecule has 0 unspecified atom stereocenters. The molecule has 126 valence electrons. The Morgan fingerprint density at radius 1 is 1.35 bits per heavy atom. The van der Waals surface area contributed by atoms with Gasteiger partial charge in [0.05, 0.1) is 36.7 Å². The van der Waals surface area contributed by atoms with Crippen molar-refractivity contribution >= 4 is 5.91 Å². The highest BCUT2D eigenvalue weighted by Crippen LogP contribution is 2.37. The maximum absolute atomic E-state index is 13.0. The van der Waals surface area contributed by atoms with E-state index in [2.05, 4.69) is 10.2 Å². The number of H-pyrrole nitrogens is 1. The van der Waals surface area contributed by atoms with Crippen LogP contribution < -0.4 is 0 Å². The van der Waals surface area contributed by atoms with Crippen LogP contribution in [0.2, 0.25) is 0 Å². The fourth-order valence-electron chi connectivity index (χ4n) is 4.34. The third kappa shape index (κ3) is 2.58. The minimum atomic E-state index is -0.103. The molecule has 2 atom stereocenters. The van der Waals surface area contributed by atoms with Gasteiger partial charge in [-0.2, -0.15) is 5.10 Å². The van der Waals surface area contributed by atoms with E-state index < -0.39 is 0 Å². The quantitative estimate of drug-likeness (QED) is 0.862. The summed E-state index contributed by atoms with van der Waals surface area (Å²) in [6, 6.07) is 0. The second-order valence-electron chi connectivity index (χ2n) is 7.22. The molecule has 1 saturated heterocycles. The van der Waals surface area contributed by atoms with E-state index in [-0.39, 0.29) is 23.7 Å². The van der Waals surface area contributed by atoms with Crippen molar-refractivity contribution in [1.82, 2.24) is 15.1 Å². The second-order valence-corrected chi connectivity index (χ2v) is 7.22. The fraction of sp³-hybridized carbons (Fsp3) is 0.765. The zero-order chi connectivity index (χ0) is 16.0. The van der Waals surface area contributed by atoms with Gasteiger partial charge in [0.1, 0.15) is 0 Å². The highest BCUT2D eigenvalue weighted by molar-refractivity contribution is 5.94. The van der Waals surface area contributed by atoms with Gasteiger partial charge in [0.2, 0.25) is 0 Å². The number of hydrogen-bond acceptors (Lipinski definition) is 4. The van der Waals surface area contributed by atoms with Gasteiger partial charge in [0, 0.05) is 18.5 Å². The van der Waals surface area contributed by atoms with Crippen molar-refractivity contribution in [1.29, 1.82) is 0 Å². The van der Waals surface area contributed by atoms with Crippen LogP contribution in [-0.2, 0) is 15.9 Å². The lowest BCUT2D eigenvalue weighted by Gasteiger charge is -2.40. The number of nitrogens with one attached hydrogen (secondary N) is 1.